The molecule has 0 aliphatic rings. The molecule has 0 bridgehead atoms. The van der Waals surface area contributed by atoms with Crippen molar-refractivity contribution in [1.82, 2.24) is 4.98 Å². The Morgan fingerprint density at radius 1 is 1.68 bits per heavy atom. The van der Waals surface area contributed by atoms with E-state index in [-0.39, 0.29) is 23.0 Å². The zero-order chi connectivity index (χ0) is 14.4. The summed E-state index contributed by atoms with van der Waals surface area (Å²) in [5, 5.41) is 20.0. The molecule has 1 aromatic rings. The number of pyridine rings is 1. The van der Waals surface area contributed by atoms with Gasteiger partial charge in [-0.3, -0.25) is 10.1 Å². The number of rotatable bonds is 6. The molecule has 0 amide bonds. The Balaban J connectivity index is 3.06. The Labute approximate surface area is 111 Å². The first-order valence-corrected chi connectivity index (χ1v) is 5.74. The van der Waals surface area contributed by atoms with Gasteiger partial charge in [-0.05, 0) is 12.0 Å². The van der Waals surface area contributed by atoms with Gasteiger partial charge in [0.25, 0.3) is 0 Å². The number of nitriles is 1. The van der Waals surface area contributed by atoms with E-state index in [1.807, 2.05) is 13.0 Å². The third kappa shape index (κ3) is 3.63. The molecule has 0 aliphatic heterocycles. The molecule has 0 radical (unpaired) electrons. The zero-order valence-corrected chi connectivity index (χ0v) is 11.2. The lowest BCUT2D eigenvalue weighted by Gasteiger charge is -2.21. The highest BCUT2D eigenvalue weighted by Crippen LogP contribution is 2.28. The highest BCUT2D eigenvalue weighted by Gasteiger charge is 2.24. The van der Waals surface area contributed by atoms with Gasteiger partial charge in [-0.25, -0.2) is 4.98 Å². The lowest BCUT2D eigenvalue weighted by molar-refractivity contribution is -0.384. The van der Waals surface area contributed by atoms with E-state index in [2.05, 4.69) is 4.98 Å². The fourth-order valence-electron chi connectivity index (χ4n) is 1.88. The summed E-state index contributed by atoms with van der Waals surface area (Å²) in [4.78, 5) is 16.2. The summed E-state index contributed by atoms with van der Waals surface area (Å²) in [7, 11) is 3.32. The van der Waals surface area contributed by atoms with Crippen LogP contribution in [0.1, 0.15) is 12.5 Å². The van der Waals surface area contributed by atoms with Gasteiger partial charge < -0.3 is 9.64 Å². The van der Waals surface area contributed by atoms with Crippen molar-refractivity contribution in [2.75, 3.05) is 32.2 Å². The smallest absolute Gasteiger partial charge is 0.329 e. The fourth-order valence-corrected chi connectivity index (χ4v) is 1.88. The maximum Gasteiger partial charge on any atom is 0.329 e. The fraction of sp³-hybridized carbons (Fsp3) is 0.500. The van der Waals surface area contributed by atoms with E-state index >= 15 is 0 Å². The van der Waals surface area contributed by atoms with Gasteiger partial charge in [0.15, 0.2) is 0 Å². The normalized spacial score (nSPS) is 11.7. The van der Waals surface area contributed by atoms with Crippen molar-refractivity contribution in [2.24, 2.45) is 5.92 Å². The summed E-state index contributed by atoms with van der Waals surface area (Å²) >= 11 is 0. The number of methoxy groups -OCH3 is 1. The highest BCUT2D eigenvalue weighted by atomic mass is 16.6. The lowest BCUT2D eigenvalue weighted by Crippen LogP contribution is -2.27. The molecule has 1 heterocycles. The SMILES string of the molecule is COCC(C)CN(C)c1nccc(C#N)c1[N+](=O)[O-]. The van der Waals surface area contributed by atoms with Crippen LogP contribution in [0.3, 0.4) is 0 Å². The first-order valence-electron chi connectivity index (χ1n) is 5.74. The molecule has 7 nitrogen and oxygen atoms in total. The van der Waals surface area contributed by atoms with E-state index in [0.717, 1.165) is 0 Å². The summed E-state index contributed by atoms with van der Waals surface area (Å²) in [5.41, 5.74) is -0.238. The molecule has 0 fully saturated rings. The maximum atomic E-state index is 11.1. The summed E-state index contributed by atoms with van der Waals surface area (Å²) < 4.78 is 5.03. The Bertz CT molecular complexity index is 498. The van der Waals surface area contributed by atoms with E-state index < -0.39 is 4.92 Å². The topological polar surface area (TPSA) is 92.3 Å². The van der Waals surface area contributed by atoms with Gasteiger partial charge in [-0.2, -0.15) is 5.26 Å². The van der Waals surface area contributed by atoms with Crippen LogP contribution in [0.4, 0.5) is 11.5 Å². The van der Waals surface area contributed by atoms with Crippen LogP contribution in [0.2, 0.25) is 0 Å². The molecule has 0 spiro atoms. The van der Waals surface area contributed by atoms with Gasteiger partial charge in [0, 0.05) is 26.9 Å². The number of nitrogens with zero attached hydrogens (tertiary/aromatic N) is 4. The van der Waals surface area contributed by atoms with Gasteiger partial charge in [0.2, 0.25) is 5.82 Å². The standard InChI is InChI=1S/C12H16N4O3/c1-9(8-19-3)7-15(2)12-11(16(17)18)10(6-13)4-5-14-12/h4-5,9H,7-8H2,1-3H3. The van der Waals surface area contributed by atoms with Gasteiger partial charge in [0.05, 0.1) is 11.5 Å². The van der Waals surface area contributed by atoms with Gasteiger partial charge in [0.1, 0.15) is 11.6 Å². The second kappa shape index (κ2) is 6.66. The van der Waals surface area contributed by atoms with E-state index in [1.165, 1.54) is 12.3 Å². The van der Waals surface area contributed by atoms with E-state index in [1.54, 1.807) is 19.1 Å². The van der Waals surface area contributed by atoms with Gasteiger partial charge >= 0.3 is 5.69 Å². The average Bonchev–Trinajstić information content (AvgIpc) is 2.37. The van der Waals surface area contributed by atoms with Crippen LogP contribution in [-0.2, 0) is 4.74 Å². The summed E-state index contributed by atoms with van der Waals surface area (Å²) in [5.74, 6) is 0.397. The number of anilines is 1. The Morgan fingerprint density at radius 2 is 2.37 bits per heavy atom. The van der Waals surface area contributed by atoms with Crippen molar-refractivity contribution < 1.29 is 9.66 Å². The molecule has 0 saturated heterocycles. The second-order valence-corrected chi connectivity index (χ2v) is 4.34. The molecule has 0 aliphatic carbocycles. The molecular weight excluding hydrogens is 248 g/mol. The van der Waals surface area contributed by atoms with Crippen LogP contribution in [0.15, 0.2) is 12.3 Å². The molecule has 19 heavy (non-hydrogen) atoms. The first kappa shape index (κ1) is 14.9. The van der Waals surface area contributed by atoms with E-state index in [0.29, 0.717) is 13.2 Å². The average molecular weight is 264 g/mol. The largest absolute Gasteiger partial charge is 0.384 e. The molecule has 1 unspecified atom stereocenters. The molecule has 1 rings (SSSR count). The van der Waals surface area contributed by atoms with Crippen molar-refractivity contribution in [3.63, 3.8) is 0 Å². The number of nitro groups is 1. The van der Waals surface area contributed by atoms with Crippen molar-refractivity contribution in [1.29, 1.82) is 5.26 Å². The zero-order valence-electron chi connectivity index (χ0n) is 11.2. The third-order valence-corrected chi connectivity index (χ3v) is 2.61. The predicted octanol–water partition coefficient (Wildman–Crippen LogP) is 1.58. The van der Waals surface area contributed by atoms with Crippen molar-refractivity contribution in [3.05, 3.63) is 27.9 Å². The quantitative estimate of drug-likeness (QED) is 0.572. The van der Waals surface area contributed by atoms with E-state index in [4.69, 9.17) is 10.00 Å². The molecule has 0 aromatic carbocycles. The molecule has 102 valence electrons. The van der Waals surface area contributed by atoms with E-state index in [9.17, 15) is 10.1 Å². The summed E-state index contributed by atoms with van der Waals surface area (Å²) in [6.07, 6.45) is 1.40. The Kier molecular flexibility index (Phi) is 5.21. The van der Waals surface area contributed by atoms with Crippen molar-refractivity contribution in [2.45, 2.75) is 6.92 Å². The minimum absolute atomic E-state index is 0.0150. The third-order valence-electron chi connectivity index (χ3n) is 2.61. The Hall–Kier alpha value is -2.20. The molecule has 7 heteroatoms. The molecule has 1 aromatic heterocycles. The lowest BCUT2D eigenvalue weighted by atomic mass is 10.1. The molecular formula is C12H16N4O3. The number of hydrogen-bond donors (Lipinski definition) is 0. The molecule has 0 N–H and O–H groups in total. The van der Waals surface area contributed by atoms with Crippen LogP contribution in [0, 0.1) is 27.4 Å². The first-order chi connectivity index (χ1) is 9.01. The van der Waals surface area contributed by atoms with Gasteiger partial charge in [-0.1, -0.05) is 6.92 Å². The summed E-state index contributed by atoms with van der Waals surface area (Å²) in [6.45, 7) is 3.08. The van der Waals surface area contributed by atoms with Crippen LogP contribution in [0.25, 0.3) is 0 Å². The molecule has 1 atom stereocenters. The minimum Gasteiger partial charge on any atom is -0.384 e. The number of aromatic nitrogens is 1. The van der Waals surface area contributed by atoms with Crippen LogP contribution in [-0.4, -0.2) is 37.2 Å². The van der Waals surface area contributed by atoms with Crippen LogP contribution in [0.5, 0.6) is 0 Å². The van der Waals surface area contributed by atoms with Crippen molar-refractivity contribution >= 4 is 11.5 Å². The highest BCUT2D eigenvalue weighted by molar-refractivity contribution is 5.65. The second-order valence-electron chi connectivity index (χ2n) is 4.34. The van der Waals surface area contributed by atoms with Crippen molar-refractivity contribution in [3.8, 4) is 6.07 Å². The van der Waals surface area contributed by atoms with Crippen LogP contribution < -0.4 is 4.90 Å². The number of ether oxygens (including phenoxy) is 1. The number of hydrogen-bond acceptors (Lipinski definition) is 6. The minimum atomic E-state index is -0.571. The predicted molar refractivity (Wildman–Crippen MR) is 69.9 cm³/mol. The summed E-state index contributed by atoms with van der Waals surface area (Å²) in [6, 6.07) is 3.16. The van der Waals surface area contributed by atoms with Crippen LogP contribution >= 0.6 is 0 Å². The maximum absolute atomic E-state index is 11.1. The molecule has 0 saturated carbocycles. The monoisotopic (exact) mass is 264 g/mol. The Morgan fingerprint density at radius 3 is 2.89 bits per heavy atom. The van der Waals surface area contributed by atoms with Gasteiger partial charge in [-0.15, -0.1) is 0 Å².